The van der Waals surface area contributed by atoms with E-state index in [1.165, 1.54) is 29.0 Å². The lowest BCUT2D eigenvalue weighted by molar-refractivity contribution is 0.102. The second kappa shape index (κ2) is 7.62. The summed E-state index contributed by atoms with van der Waals surface area (Å²) in [6.45, 7) is 5.64. The average molecular weight is 401 g/mol. The van der Waals surface area contributed by atoms with E-state index in [0.717, 1.165) is 16.8 Å². The van der Waals surface area contributed by atoms with Crippen molar-refractivity contribution in [2.45, 2.75) is 25.7 Å². The fourth-order valence-corrected chi connectivity index (χ4v) is 4.35. The molecule has 1 amide bonds. The van der Waals surface area contributed by atoms with Gasteiger partial charge in [-0.25, -0.2) is 13.4 Å². The molecule has 3 aromatic rings. The Hall–Kier alpha value is -2.51. The summed E-state index contributed by atoms with van der Waals surface area (Å²) in [5.74, 6) is -0.395. The Kier molecular flexibility index (Phi) is 5.43. The van der Waals surface area contributed by atoms with Crippen molar-refractivity contribution >= 4 is 32.2 Å². The van der Waals surface area contributed by atoms with E-state index in [1.54, 1.807) is 19.1 Å². The Morgan fingerprint density at radius 1 is 1.15 bits per heavy atom. The van der Waals surface area contributed by atoms with Crippen LogP contribution in [-0.4, -0.2) is 25.1 Å². The van der Waals surface area contributed by atoms with E-state index < -0.39 is 9.84 Å². The van der Waals surface area contributed by atoms with Crippen LogP contribution in [0.2, 0.25) is 0 Å². The number of hydrogen-bond donors (Lipinski definition) is 1. The quantitative estimate of drug-likeness (QED) is 0.685. The summed E-state index contributed by atoms with van der Waals surface area (Å²) in [5, 5.41) is 5.11. The van der Waals surface area contributed by atoms with Crippen molar-refractivity contribution in [1.82, 2.24) is 4.98 Å². The summed E-state index contributed by atoms with van der Waals surface area (Å²) in [6, 6.07) is 12.2. The lowest BCUT2D eigenvalue weighted by Crippen LogP contribution is -2.13. The number of amides is 1. The predicted molar refractivity (Wildman–Crippen MR) is 109 cm³/mol. The molecule has 0 aliphatic heterocycles. The van der Waals surface area contributed by atoms with Gasteiger partial charge in [0.25, 0.3) is 5.91 Å². The third-order valence-corrected chi connectivity index (χ3v) is 6.71. The summed E-state index contributed by atoms with van der Waals surface area (Å²) in [5.41, 5.74) is 4.41. The van der Waals surface area contributed by atoms with Crippen LogP contribution in [0.4, 0.5) is 5.13 Å². The van der Waals surface area contributed by atoms with Crippen LogP contribution < -0.4 is 5.32 Å². The second-order valence-electron chi connectivity index (χ2n) is 6.24. The number of nitrogens with zero attached hydrogens (tertiary/aromatic N) is 1. The molecule has 1 heterocycles. The van der Waals surface area contributed by atoms with Crippen LogP contribution in [0, 0.1) is 13.8 Å². The molecule has 0 aliphatic rings. The van der Waals surface area contributed by atoms with Crippen LogP contribution in [0.5, 0.6) is 0 Å². The number of thiazole rings is 1. The maximum atomic E-state index is 12.5. The molecule has 0 saturated heterocycles. The smallest absolute Gasteiger partial charge is 0.257 e. The van der Waals surface area contributed by atoms with Crippen molar-refractivity contribution in [3.8, 4) is 11.3 Å². The summed E-state index contributed by atoms with van der Waals surface area (Å²) in [6.07, 6.45) is 0. The van der Waals surface area contributed by atoms with Gasteiger partial charge in [0.2, 0.25) is 0 Å². The lowest BCUT2D eigenvalue weighted by atomic mass is 10.0. The molecule has 0 radical (unpaired) electrons. The van der Waals surface area contributed by atoms with E-state index >= 15 is 0 Å². The normalized spacial score (nSPS) is 11.4. The van der Waals surface area contributed by atoms with E-state index in [1.807, 2.05) is 31.4 Å². The van der Waals surface area contributed by atoms with Gasteiger partial charge >= 0.3 is 0 Å². The molecule has 5 nitrogen and oxygen atoms in total. The van der Waals surface area contributed by atoms with Crippen molar-refractivity contribution in [2.24, 2.45) is 0 Å². The summed E-state index contributed by atoms with van der Waals surface area (Å²) < 4.78 is 24.0. The van der Waals surface area contributed by atoms with Crippen molar-refractivity contribution in [3.05, 3.63) is 64.5 Å². The number of benzene rings is 2. The van der Waals surface area contributed by atoms with E-state index in [2.05, 4.69) is 16.4 Å². The van der Waals surface area contributed by atoms with Gasteiger partial charge < -0.3 is 0 Å². The van der Waals surface area contributed by atoms with Crippen molar-refractivity contribution in [2.75, 3.05) is 11.1 Å². The number of anilines is 1. The minimum atomic E-state index is -3.36. The fraction of sp³-hybridized carbons (Fsp3) is 0.200. The molecule has 1 aromatic heterocycles. The highest BCUT2D eigenvalue weighted by Gasteiger charge is 2.16. The Morgan fingerprint density at radius 2 is 1.93 bits per heavy atom. The zero-order chi connectivity index (χ0) is 19.6. The Bertz CT molecular complexity index is 1100. The minimum Gasteiger partial charge on any atom is -0.298 e. The molecule has 1 N–H and O–H groups in total. The maximum absolute atomic E-state index is 12.5. The third-order valence-electron chi connectivity index (χ3n) is 4.22. The summed E-state index contributed by atoms with van der Waals surface area (Å²) in [4.78, 5) is 17.1. The Morgan fingerprint density at radius 3 is 2.63 bits per heavy atom. The number of aryl methyl sites for hydroxylation is 2. The summed E-state index contributed by atoms with van der Waals surface area (Å²) >= 11 is 1.33. The number of carbonyl (C=O) groups excluding carboxylic acids is 1. The molecule has 7 heteroatoms. The molecule has 0 unspecified atom stereocenters. The van der Waals surface area contributed by atoms with Gasteiger partial charge in [0.05, 0.1) is 16.3 Å². The van der Waals surface area contributed by atoms with Gasteiger partial charge in [0, 0.05) is 16.5 Å². The molecule has 0 atom stereocenters. The first-order valence-electron chi connectivity index (χ1n) is 8.47. The van der Waals surface area contributed by atoms with Crippen molar-refractivity contribution < 1.29 is 13.2 Å². The molecule has 3 rings (SSSR count). The molecule has 27 heavy (non-hydrogen) atoms. The molecular formula is C20H20N2O3S2. The highest BCUT2D eigenvalue weighted by molar-refractivity contribution is 7.91. The first kappa shape index (κ1) is 19.3. The fourth-order valence-electron chi connectivity index (χ4n) is 2.72. The largest absolute Gasteiger partial charge is 0.298 e. The molecule has 0 fully saturated rings. The van der Waals surface area contributed by atoms with E-state index in [-0.39, 0.29) is 22.1 Å². The number of aromatic nitrogens is 1. The third kappa shape index (κ3) is 4.26. The number of nitrogens with one attached hydrogen (secondary N) is 1. The minimum absolute atomic E-state index is 0.0101. The lowest BCUT2D eigenvalue weighted by Gasteiger charge is -2.05. The molecule has 0 bridgehead atoms. The van der Waals surface area contributed by atoms with Gasteiger partial charge in [-0.3, -0.25) is 10.1 Å². The van der Waals surface area contributed by atoms with Crippen LogP contribution in [-0.2, 0) is 9.84 Å². The van der Waals surface area contributed by atoms with Crippen molar-refractivity contribution in [3.63, 3.8) is 0 Å². The molecule has 0 saturated carbocycles. The van der Waals surface area contributed by atoms with Gasteiger partial charge in [-0.2, -0.15) is 0 Å². The Labute approximate surface area is 163 Å². The highest BCUT2D eigenvalue weighted by Crippen LogP contribution is 2.28. The van der Waals surface area contributed by atoms with Gasteiger partial charge in [-0.05, 0) is 37.6 Å². The van der Waals surface area contributed by atoms with Crippen LogP contribution in [0.25, 0.3) is 11.3 Å². The Balaban J connectivity index is 1.82. The predicted octanol–water partition coefficient (Wildman–Crippen LogP) is 4.47. The van der Waals surface area contributed by atoms with Gasteiger partial charge in [0.15, 0.2) is 15.0 Å². The van der Waals surface area contributed by atoms with Crippen LogP contribution in [0.3, 0.4) is 0 Å². The van der Waals surface area contributed by atoms with Crippen molar-refractivity contribution in [1.29, 1.82) is 0 Å². The van der Waals surface area contributed by atoms with E-state index in [0.29, 0.717) is 5.13 Å². The van der Waals surface area contributed by atoms with E-state index in [9.17, 15) is 13.2 Å². The molecule has 0 spiro atoms. The number of carbonyl (C=O) groups is 1. The number of rotatable bonds is 5. The zero-order valence-corrected chi connectivity index (χ0v) is 16.9. The van der Waals surface area contributed by atoms with Gasteiger partial charge in [-0.15, -0.1) is 11.3 Å². The monoisotopic (exact) mass is 400 g/mol. The summed E-state index contributed by atoms with van der Waals surface area (Å²) in [7, 11) is -3.36. The molecule has 140 valence electrons. The van der Waals surface area contributed by atoms with Gasteiger partial charge in [-0.1, -0.05) is 36.8 Å². The maximum Gasteiger partial charge on any atom is 0.257 e. The standard InChI is InChI=1S/C20H20N2O3S2/c1-4-27(24,25)16-7-5-6-15(11-16)19(23)22-20-21-18(12-26-20)17-9-8-13(2)10-14(17)3/h5-12H,4H2,1-3H3,(H,21,22,23). The zero-order valence-electron chi connectivity index (χ0n) is 15.3. The SMILES string of the molecule is CCS(=O)(=O)c1cccc(C(=O)Nc2nc(-c3ccc(C)cc3C)cs2)c1. The van der Waals surface area contributed by atoms with E-state index in [4.69, 9.17) is 0 Å². The molecule has 0 aliphatic carbocycles. The molecule has 2 aromatic carbocycles. The topological polar surface area (TPSA) is 76.1 Å². The number of hydrogen-bond acceptors (Lipinski definition) is 5. The number of sulfone groups is 1. The van der Waals surface area contributed by atoms with Crippen LogP contribution in [0.1, 0.15) is 28.4 Å². The first-order chi connectivity index (χ1) is 12.8. The average Bonchev–Trinajstić information content (AvgIpc) is 3.10. The van der Waals surface area contributed by atoms with Crippen LogP contribution in [0.15, 0.2) is 52.7 Å². The molecular weight excluding hydrogens is 380 g/mol. The van der Waals surface area contributed by atoms with Crippen LogP contribution >= 0.6 is 11.3 Å². The highest BCUT2D eigenvalue weighted by atomic mass is 32.2. The first-order valence-corrected chi connectivity index (χ1v) is 11.0. The van der Waals surface area contributed by atoms with Gasteiger partial charge in [0.1, 0.15) is 0 Å². The second-order valence-corrected chi connectivity index (χ2v) is 9.38.